The second-order valence-electron chi connectivity index (χ2n) is 10.5. The van der Waals surface area contributed by atoms with Crippen LogP contribution in [0.1, 0.15) is 48.7 Å². The van der Waals surface area contributed by atoms with Crippen LogP contribution in [0.25, 0.3) is 22.5 Å². The van der Waals surface area contributed by atoms with Crippen LogP contribution in [0.3, 0.4) is 0 Å². The summed E-state index contributed by atoms with van der Waals surface area (Å²) in [6, 6.07) is 20.5. The molecule has 9 heteroatoms. The molecule has 1 amide bonds. The van der Waals surface area contributed by atoms with Crippen LogP contribution >= 0.6 is 0 Å². The largest absolute Gasteiger partial charge is 0.354 e. The molecule has 0 spiro atoms. The number of non-ortho nitro benzene ring substituents is 1. The Hall–Kier alpha value is -4.76. The third-order valence-corrected chi connectivity index (χ3v) is 7.72. The molecule has 3 aromatic carbocycles. The fraction of sp³-hybridized carbons (Fsp3) is 0.250. The number of aryl methyl sites for hydroxylation is 1. The first-order chi connectivity index (χ1) is 20.0. The van der Waals surface area contributed by atoms with E-state index >= 15 is 0 Å². The van der Waals surface area contributed by atoms with Crippen molar-refractivity contribution in [1.29, 1.82) is 0 Å². The second kappa shape index (κ2) is 11.4. The van der Waals surface area contributed by atoms with E-state index in [2.05, 4.69) is 44.6 Å². The van der Waals surface area contributed by atoms with Crippen LogP contribution in [0, 0.1) is 10.1 Å². The van der Waals surface area contributed by atoms with E-state index in [-0.39, 0.29) is 11.6 Å². The highest BCUT2D eigenvalue weighted by atomic mass is 16.6. The summed E-state index contributed by atoms with van der Waals surface area (Å²) in [6.45, 7) is 5.17. The van der Waals surface area contributed by atoms with Gasteiger partial charge in [0.05, 0.1) is 21.9 Å². The molecule has 9 nitrogen and oxygen atoms in total. The van der Waals surface area contributed by atoms with Crippen molar-refractivity contribution in [3.8, 4) is 11.3 Å². The number of nitro groups is 1. The lowest BCUT2D eigenvalue weighted by Gasteiger charge is -2.26. The number of H-pyrrole nitrogens is 1. The fourth-order valence-corrected chi connectivity index (χ4v) is 5.51. The standard InChI is InChI=1S/C32H32N6O3/c1-2-29-33-19-28(35-29)22-10-12-24(13-11-22)34-31(23-8-6-21(7-9-23)20-37-16-4-3-5-17-37)30-26-18-25(38(40)41)14-15-27(26)36-32(30)39/h6-15,18-19,34H,2-5,16-17,20H2,1H3,(H,33,35)(H,36,39). The summed E-state index contributed by atoms with van der Waals surface area (Å²) in [6.07, 6.45) is 6.49. The van der Waals surface area contributed by atoms with Gasteiger partial charge in [0, 0.05) is 53.8 Å². The number of fused-ring (bicyclic) bond motifs is 1. The molecule has 3 heterocycles. The number of hydrogen-bond acceptors (Lipinski definition) is 6. The van der Waals surface area contributed by atoms with Crippen LogP contribution in [-0.4, -0.2) is 38.8 Å². The molecule has 2 aliphatic rings. The number of imidazole rings is 1. The highest BCUT2D eigenvalue weighted by Crippen LogP contribution is 2.39. The van der Waals surface area contributed by atoms with E-state index in [1.54, 1.807) is 6.07 Å². The van der Waals surface area contributed by atoms with Crippen molar-refractivity contribution in [2.75, 3.05) is 23.7 Å². The van der Waals surface area contributed by atoms with Crippen molar-refractivity contribution < 1.29 is 9.72 Å². The number of hydrogen-bond donors (Lipinski definition) is 3. The van der Waals surface area contributed by atoms with Crippen LogP contribution in [0.2, 0.25) is 0 Å². The van der Waals surface area contributed by atoms with E-state index in [0.29, 0.717) is 22.5 Å². The van der Waals surface area contributed by atoms with Gasteiger partial charge in [-0.15, -0.1) is 0 Å². The number of piperidine rings is 1. The van der Waals surface area contributed by atoms with Gasteiger partial charge in [0.25, 0.3) is 11.6 Å². The normalized spacial score (nSPS) is 16.3. The van der Waals surface area contributed by atoms with E-state index in [9.17, 15) is 14.9 Å². The average molecular weight is 549 g/mol. The first-order valence-corrected chi connectivity index (χ1v) is 14.1. The molecular weight excluding hydrogens is 516 g/mol. The van der Waals surface area contributed by atoms with Crippen LogP contribution in [0.5, 0.6) is 0 Å². The van der Waals surface area contributed by atoms with E-state index in [1.807, 2.05) is 42.6 Å². The fourth-order valence-electron chi connectivity index (χ4n) is 5.51. The van der Waals surface area contributed by atoms with Crippen molar-refractivity contribution in [2.24, 2.45) is 0 Å². The van der Waals surface area contributed by atoms with Crippen molar-refractivity contribution in [3.05, 3.63) is 106 Å². The van der Waals surface area contributed by atoms with Crippen molar-refractivity contribution in [3.63, 3.8) is 0 Å². The molecule has 6 rings (SSSR count). The van der Waals surface area contributed by atoms with E-state index < -0.39 is 4.92 Å². The van der Waals surface area contributed by atoms with Gasteiger partial charge >= 0.3 is 0 Å². The summed E-state index contributed by atoms with van der Waals surface area (Å²) in [5, 5.41) is 17.9. The Bertz CT molecular complexity index is 1620. The Morgan fingerprint density at radius 1 is 1.02 bits per heavy atom. The molecule has 1 aromatic heterocycles. The van der Waals surface area contributed by atoms with Crippen LogP contribution < -0.4 is 10.6 Å². The molecule has 0 aliphatic carbocycles. The predicted molar refractivity (Wildman–Crippen MR) is 161 cm³/mol. The van der Waals surface area contributed by atoms with Gasteiger partial charge in [0.1, 0.15) is 5.82 Å². The number of anilines is 2. The highest BCUT2D eigenvalue weighted by molar-refractivity contribution is 6.37. The van der Waals surface area contributed by atoms with Gasteiger partial charge in [-0.2, -0.15) is 0 Å². The van der Waals surface area contributed by atoms with E-state index in [1.165, 1.54) is 37.0 Å². The van der Waals surface area contributed by atoms with Crippen molar-refractivity contribution >= 4 is 34.2 Å². The van der Waals surface area contributed by atoms with E-state index in [0.717, 1.165) is 54.4 Å². The topological polar surface area (TPSA) is 116 Å². The average Bonchev–Trinajstić information content (AvgIpc) is 3.61. The maximum atomic E-state index is 13.3. The van der Waals surface area contributed by atoms with Crippen molar-refractivity contribution in [2.45, 2.75) is 39.2 Å². The second-order valence-corrected chi connectivity index (χ2v) is 10.5. The zero-order valence-corrected chi connectivity index (χ0v) is 22.9. The molecule has 3 N–H and O–H groups in total. The summed E-state index contributed by atoms with van der Waals surface area (Å²) in [4.78, 5) is 34.7. The number of amides is 1. The van der Waals surface area contributed by atoms with Crippen LogP contribution in [-0.2, 0) is 17.8 Å². The summed E-state index contributed by atoms with van der Waals surface area (Å²) in [5.41, 5.74) is 6.61. The predicted octanol–water partition coefficient (Wildman–Crippen LogP) is 6.47. The minimum atomic E-state index is -0.444. The number of carbonyl (C=O) groups excluding carboxylic acids is 1. The van der Waals surface area contributed by atoms with Gasteiger partial charge in [-0.1, -0.05) is 49.7 Å². The lowest BCUT2D eigenvalue weighted by atomic mass is 9.98. The molecule has 4 aromatic rings. The van der Waals surface area contributed by atoms with E-state index in [4.69, 9.17) is 0 Å². The van der Waals surface area contributed by atoms with Gasteiger partial charge < -0.3 is 15.6 Å². The number of aromatic nitrogens is 2. The molecule has 208 valence electrons. The number of aromatic amines is 1. The van der Waals surface area contributed by atoms with Crippen LogP contribution in [0.4, 0.5) is 17.1 Å². The molecule has 1 fully saturated rings. The number of nitrogens with one attached hydrogen (secondary N) is 3. The number of likely N-dealkylation sites (tertiary alicyclic amines) is 1. The van der Waals surface area contributed by atoms with Gasteiger partial charge in [0.2, 0.25) is 0 Å². The smallest absolute Gasteiger partial charge is 0.270 e. The molecular formula is C32H32N6O3. The van der Waals surface area contributed by atoms with Gasteiger partial charge in [0.15, 0.2) is 0 Å². The Kier molecular flexibility index (Phi) is 7.35. The zero-order valence-electron chi connectivity index (χ0n) is 22.9. The Labute approximate surface area is 238 Å². The molecule has 41 heavy (non-hydrogen) atoms. The Balaban J connectivity index is 1.37. The molecule has 0 radical (unpaired) electrons. The molecule has 0 bridgehead atoms. The zero-order chi connectivity index (χ0) is 28.3. The molecule has 2 aliphatic heterocycles. The maximum Gasteiger partial charge on any atom is 0.270 e. The molecule has 1 saturated heterocycles. The summed E-state index contributed by atoms with van der Waals surface area (Å²) < 4.78 is 0. The Morgan fingerprint density at radius 3 is 2.46 bits per heavy atom. The van der Waals surface area contributed by atoms with Gasteiger partial charge in [-0.3, -0.25) is 19.8 Å². The first kappa shape index (κ1) is 26.5. The first-order valence-electron chi connectivity index (χ1n) is 14.1. The minimum Gasteiger partial charge on any atom is -0.354 e. The lowest BCUT2D eigenvalue weighted by molar-refractivity contribution is -0.384. The monoisotopic (exact) mass is 548 g/mol. The third-order valence-electron chi connectivity index (χ3n) is 7.72. The molecule has 0 unspecified atom stereocenters. The lowest BCUT2D eigenvalue weighted by Crippen LogP contribution is -2.29. The number of rotatable bonds is 8. The SMILES string of the molecule is CCc1nc(-c2ccc(NC(=C3C(=O)Nc4ccc([N+](=O)[O-])cc43)c3ccc(CN4CCCCC4)cc3)cc2)c[nH]1. The minimum absolute atomic E-state index is 0.0659. The number of nitro benzene ring substituents is 1. The van der Waals surface area contributed by atoms with Crippen molar-refractivity contribution in [1.82, 2.24) is 14.9 Å². The summed E-state index contributed by atoms with van der Waals surface area (Å²) >= 11 is 0. The van der Waals surface area contributed by atoms with Gasteiger partial charge in [-0.05, 0) is 55.3 Å². The number of nitrogens with zero attached hydrogens (tertiary/aromatic N) is 3. The molecule has 0 saturated carbocycles. The molecule has 0 atom stereocenters. The Morgan fingerprint density at radius 2 is 1.78 bits per heavy atom. The van der Waals surface area contributed by atoms with Crippen LogP contribution in [0.15, 0.2) is 72.9 Å². The maximum absolute atomic E-state index is 13.3. The number of carbonyl (C=O) groups is 1. The summed E-state index contributed by atoms with van der Waals surface area (Å²) in [7, 11) is 0. The quantitative estimate of drug-likeness (QED) is 0.132. The summed E-state index contributed by atoms with van der Waals surface area (Å²) in [5.74, 6) is 0.624. The highest BCUT2D eigenvalue weighted by Gasteiger charge is 2.30. The van der Waals surface area contributed by atoms with Gasteiger partial charge in [-0.25, -0.2) is 4.98 Å². The third kappa shape index (κ3) is 5.62. The number of benzene rings is 3.